The van der Waals surface area contributed by atoms with Gasteiger partial charge in [-0.3, -0.25) is 4.79 Å². The zero-order valence-corrected chi connectivity index (χ0v) is 13.9. The number of nitrogens with zero attached hydrogens (tertiary/aromatic N) is 1. The molecule has 0 fully saturated rings. The van der Waals surface area contributed by atoms with Crippen LogP contribution in [0.25, 0.3) is 10.6 Å². The molecule has 0 aliphatic heterocycles. The van der Waals surface area contributed by atoms with Crippen molar-refractivity contribution in [2.45, 2.75) is 0 Å². The van der Waals surface area contributed by atoms with Crippen molar-refractivity contribution in [1.82, 2.24) is 4.98 Å². The quantitative estimate of drug-likeness (QED) is 0.643. The Balaban J connectivity index is 1.80. The molecule has 0 bridgehead atoms. The molecule has 21 heavy (non-hydrogen) atoms. The van der Waals surface area contributed by atoms with Crippen LogP contribution in [-0.2, 0) is 0 Å². The topological polar surface area (TPSA) is 42.0 Å². The molecule has 0 unspecified atom stereocenters. The third-order valence-electron chi connectivity index (χ3n) is 2.87. The Hall–Kier alpha value is -1.73. The van der Waals surface area contributed by atoms with Crippen molar-refractivity contribution in [3.05, 3.63) is 69.2 Å². The number of aromatic nitrogens is 1. The molecule has 3 rings (SSSR count). The highest BCUT2D eigenvalue weighted by atomic mass is 127. The molecule has 0 saturated heterocycles. The maximum absolute atomic E-state index is 12.3. The number of anilines is 1. The molecule has 0 aliphatic carbocycles. The first kappa shape index (κ1) is 14.2. The van der Waals surface area contributed by atoms with E-state index in [2.05, 4.69) is 32.9 Å². The highest BCUT2D eigenvalue weighted by Gasteiger charge is 2.12. The summed E-state index contributed by atoms with van der Waals surface area (Å²) in [4.78, 5) is 17.2. The van der Waals surface area contributed by atoms with Crippen molar-refractivity contribution >= 4 is 45.5 Å². The van der Waals surface area contributed by atoms with Gasteiger partial charge in [0.1, 0.15) is 9.88 Å². The molecule has 1 N–H and O–H groups in total. The molecular weight excluding hydrogens is 395 g/mol. The zero-order valence-electron chi connectivity index (χ0n) is 10.9. The monoisotopic (exact) mass is 406 g/mol. The normalized spacial score (nSPS) is 10.3. The maximum atomic E-state index is 12.3. The number of rotatable bonds is 3. The van der Waals surface area contributed by atoms with E-state index in [1.54, 1.807) is 6.20 Å². The number of amides is 1. The van der Waals surface area contributed by atoms with Crippen LogP contribution in [0.4, 0.5) is 5.69 Å². The second-order valence-electron chi connectivity index (χ2n) is 4.33. The van der Waals surface area contributed by atoms with Gasteiger partial charge in [-0.05, 0) is 34.7 Å². The van der Waals surface area contributed by atoms with Gasteiger partial charge in [0, 0.05) is 9.13 Å². The van der Waals surface area contributed by atoms with Crippen LogP contribution in [0, 0.1) is 3.57 Å². The Morgan fingerprint density at radius 2 is 1.76 bits per heavy atom. The summed E-state index contributed by atoms with van der Waals surface area (Å²) in [5, 5.41) is 3.77. The van der Waals surface area contributed by atoms with Crippen LogP contribution < -0.4 is 5.32 Å². The molecule has 0 spiro atoms. The van der Waals surface area contributed by atoms with Crippen molar-refractivity contribution in [3.8, 4) is 10.6 Å². The third kappa shape index (κ3) is 3.30. The van der Waals surface area contributed by atoms with E-state index in [-0.39, 0.29) is 5.91 Å². The summed E-state index contributed by atoms with van der Waals surface area (Å²) in [6, 6.07) is 17.5. The number of thiazole rings is 1. The van der Waals surface area contributed by atoms with Crippen LogP contribution in [0.15, 0.2) is 60.8 Å². The molecule has 0 aliphatic rings. The minimum Gasteiger partial charge on any atom is -0.320 e. The Morgan fingerprint density at radius 1 is 1.05 bits per heavy atom. The number of carbonyl (C=O) groups excluding carboxylic acids is 1. The van der Waals surface area contributed by atoms with Crippen molar-refractivity contribution in [3.63, 3.8) is 0 Å². The van der Waals surface area contributed by atoms with Gasteiger partial charge >= 0.3 is 0 Å². The zero-order chi connectivity index (χ0) is 14.7. The largest absolute Gasteiger partial charge is 0.320 e. The van der Waals surface area contributed by atoms with Crippen LogP contribution in [0.1, 0.15) is 9.67 Å². The molecule has 1 amide bonds. The number of para-hydroxylation sites is 1. The number of hydrogen-bond acceptors (Lipinski definition) is 3. The molecular formula is C16H11IN2OS. The molecule has 104 valence electrons. The van der Waals surface area contributed by atoms with E-state index in [0.717, 1.165) is 19.8 Å². The van der Waals surface area contributed by atoms with E-state index in [1.165, 1.54) is 11.3 Å². The minimum absolute atomic E-state index is 0.126. The predicted molar refractivity (Wildman–Crippen MR) is 94.7 cm³/mol. The lowest BCUT2D eigenvalue weighted by atomic mass is 10.2. The highest BCUT2D eigenvalue weighted by Crippen LogP contribution is 2.26. The molecule has 0 saturated carbocycles. The summed E-state index contributed by atoms with van der Waals surface area (Å²) < 4.78 is 1.01. The first-order chi connectivity index (χ1) is 10.2. The highest BCUT2D eigenvalue weighted by molar-refractivity contribution is 14.1. The van der Waals surface area contributed by atoms with Crippen molar-refractivity contribution < 1.29 is 4.79 Å². The summed E-state index contributed by atoms with van der Waals surface area (Å²) in [6.07, 6.45) is 1.62. The van der Waals surface area contributed by atoms with E-state index in [0.29, 0.717) is 4.88 Å². The van der Waals surface area contributed by atoms with Crippen molar-refractivity contribution in [2.75, 3.05) is 5.32 Å². The van der Waals surface area contributed by atoms with Gasteiger partial charge in [0.25, 0.3) is 5.91 Å². The number of halogens is 1. The molecule has 2 aromatic carbocycles. The first-order valence-electron chi connectivity index (χ1n) is 6.31. The van der Waals surface area contributed by atoms with Gasteiger partial charge < -0.3 is 5.32 Å². The minimum atomic E-state index is -0.126. The van der Waals surface area contributed by atoms with E-state index in [9.17, 15) is 4.79 Å². The second kappa shape index (κ2) is 6.36. The number of carbonyl (C=O) groups is 1. The fourth-order valence-corrected chi connectivity index (χ4v) is 3.18. The second-order valence-corrected chi connectivity index (χ2v) is 6.52. The fraction of sp³-hybridized carbons (Fsp3) is 0. The van der Waals surface area contributed by atoms with E-state index < -0.39 is 0 Å². The molecule has 1 aromatic heterocycles. The van der Waals surface area contributed by atoms with E-state index in [4.69, 9.17) is 0 Å². The third-order valence-corrected chi connectivity index (χ3v) is 4.86. The van der Waals surface area contributed by atoms with E-state index >= 15 is 0 Å². The maximum Gasteiger partial charge on any atom is 0.267 e. The Morgan fingerprint density at radius 3 is 2.52 bits per heavy atom. The van der Waals surface area contributed by atoms with E-state index in [1.807, 2.05) is 54.6 Å². The smallest absolute Gasteiger partial charge is 0.267 e. The average molecular weight is 406 g/mol. The lowest BCUT2D eigenvalue weighted by Gasteiger charge is -2.04. The van der Waals surface area contributed by atoms with Gasteiger partial charge in [0.2, 0.25) is 0 Å². The summed E-state index contributed by atoms with van der Waals surface area (Å²) in [5.41, 5.74) is 1.84. The molecule has 1 heterocycles. The lowest BCUT2D eigenvalue weighted by molar-refractivity contribution is 0.103. The molecule has 0 atom stereocenters. The van der Waals surface area contributed by atoms with Crippen LogP contribution in [-0.4, -0.2) is 10.9 Å². The molecule has 5 heteroatoms. The molecule has 3 aromatic rings. The van der Waals surface area contributed by atoms with Crippen molar-refractivity contribution in [2.24, 2.45) is 0 Å². The van der Waals surface area contributed by atoms with Crippen LogP contribution in [0.3, 0.4) is 0 Å². The fourth-order valence-electron chi connectivity index (χ4n) is 1.84. The molecule has 0 radical (unpaired) electrons. The Labute approximate surface area is 140 Å². The van der Waals surface area contributed by atoms with Gasteiger partial charge in [-0.25, -0.2) is 4.98 Å². The lowest BCUT2D eigenvalue weighted by Crippen LogP contribution is -2.10. The standard InChI is InChI=1S/C16H11IN2OS/c17-12-8-4-5-9-13(12)19-15(20)14-10-18-16(21-14)11-6-2-1-3-7-11/h1-10H,(H,19,20). The molecule has 3 nitrogen and oxygen atoms in total. The van der Waals surface area contributed by atoms with Crippen molar-refractivity contribution in [1.29, 1.82) is 0 Å². The predicted octanol–water partition coefficient (Wildman–Crippen LogP) is 4.67. The number of benzene rings is 2. The van der Waals surface area contributed by atoms with Gasteiger partial charge in [-0.15, -0.1) is 11.3 Å². The van der Waals surface area contributed by atoms with Gasteiger partial charge in [0.15, 0.2) is 0 Å². The Kier molecular flexibility index (Phi) is 4.31. The van der Waals surface area contributed by atoms with Crippen LogP contribution in [0.2, 0.25) is 0 Å². The summed E-state index contributed by atoms with van der Waals surface area (Å²) in [7, 11) is 0. The summed E-state index contributed by atoms with van der Waals surface area (Å²) in [6.45, 7) is 0. The van der Waals surface area contributed by atoms with Crippen LogP contribution >= 0.6 is 33.9 Å². The van der Waals surface area contributed by atoms with Crippen LogP contribution in [0.5, 0.6) is 0 Å². The number of hydrogen-bond donors (Lipinski definition) is 1. The van der Waals surface area contributed by atoms with Gasteiger partial charge in [-0.2, -0.15) is 0 Å². The summed E-state index contributed by atoms with van der Waals surface area (Å²) in [5.74, 6) is -0.126. The first-order valence-corrected chi connectivity index (χ1v) is 8.21. The SMILES string of the molecule is O=C(Nc1ccccc1I)c1cnc(-c2ccccc2)s1. The van der Waals surface area contributed by atoms with Gasteiger partial charge in [-0.1, -0.05) is 42.5 Å². The number of nitrogens with one attached hydrogen (secondary N) is 1. The summed E-state index contributed by atoms with van der Waals surface area (Å²) >= 11 is 3.59. The average Bonchev–Trinajstić information content (AvgIpc) is 3.00. The Bertz CT molecular complexity index is 771. The van der Waals surface area contributed by atoms with Gasteiger partial charge in [0.05, 0.1) is 11.9 Å².